The zero-order valence-corrected chi connectivity index (χ0v) is 2.13. The molecule has 0 radical (unpaired) electrons. The second-order valence-electron chi connectivity index (χ2n) is 0.498. The molecule has 0 heterocycles. The van der Waals surface area contributed by atoms with Crippen molar-refractivity contribution in [1.82, 2.24) is 0 Å². The Balaban J connectivity index is 3.02. The molecule has 0 saturated heterocycles. The van der Waals surface area contributed by atoms with Crippen LogP contribution in [0.4, 0.5) is 13.2 Å². The molecule has 0 spiro atoms. The van der Waals surface area contributed by atoms with Crippen LogP contribution in [0.2, 0.25) is 0 Å². The van der Waals surface area contributed by atoms with Crippen molar-refractivity contribution in [1.29, 1.82) is 0 Å². The third-order valence-corrected chi connectivity index (χ3v) is 0. The summed E-state index contributed by atoms with van der Waals surface area (Å²) in [4.78, 5) is 0. The van der Waals surface area contributed by atoms with Crippen molar-refractivity contribution in [3.63, 3.8) is 0 Å². The third kappa shape index (κ3) is 184. The summed E-state index contributed by atoms with van der Waals surface area (Å²) in [7, 11) is 0. The summed E-state index contributed by atoms with van der Waals surface area (Å²) in [5, 5.41) is 0. The summed E-state index contributed by atoms with van der Waals surface area (Å²) in [5.41, 5.74) is 4.94. The van der Waals surface area contributed by atoms with E-state index >= 15 is 0 Å². The maximum atomic E-state index is 10.0. The van der Waals surface area contributed by atoms with Crippen molar-refractivity contribution in [3.05, 3.63) is 5.73 Å². The van der Waals surface area contributed by atoms with E-state index < -0.39 is 6.30 Å². The monoisotopic (exact) mass is 84.0 g/mol. The summed E-state index contributed by atoms with van der Waals surface area (Å²) in [6, 6.07) is 0. The first kappa shape index (κ1) is 4.75. The van der Waals surface area contributed by atoms with Gasteiger partial charge in [-0.3, -0.25) is 0 Å². The molecule has 0 aromatic rings. The van der Waals surface area contributed by atoms with Crippen LogP contribution in [0.5, 0.6) is 0 Å². The Kier molecular flexibility index (Phi) is 0.815. The quantitative estimate of drug-likeness (QED) is 0.398. The number of halogens is 3. The molecule has 0 aliphatic heterocycles. The molecular weight excluding hydrogens is 83.0 g/mol. The van der Waals surface area contributed by atoms with Crippen molar-refractivity contribution >= 4 is 0 Å². The molecule has 0 aliphatic rings. The molecule has 32 valence electrons. The van der Waals surface area contributed by atoms with E-state index in [0.29, 0.717) is 0 Å². The second-order valence-corrected chi connectivity index (χ2v) is 0.498. The van der Waals surface area contributed by atoms with Crippen molar-refractivity contribution in [2.24, 2.45) is 0 Å². The predicted molar refractivity (Wildman–Crippen MR) is 10.4 cm³/mol. The Morgan fingerprint density at radius 1 is 1.20 bits per heavy atom. The molecule has 5 heavy (non-hydrogen) atoms. The molecule has 0 aromatic heterocycles. The van der Waals surface area contributed by atoms with E-state index in [0.717, 1.165) is 0 Å². The molecule has 0 aliphatic carbocycles. The highest BCUT2D eigenvalue weighted by atomic mass is 19.4. The molecule has 0 saturated carbocycles. The molecule has 1 N–H and O–H groups in total. The summed E-state index contributed by atoms with van der Waals surface area (Å²) in [5.74, 6) is 0. The molecule has 4 heteroatoms. The maximum Gasteiger partial charge on any atom is 0.310 e. The van der Waals surface area contributed by atoms with Gasteiger partial charge >= 0.3 is 6.30 Å². The molecule has 1 nitrogen and oxygen atoms in total. The zero-order valence-electron chi connectivity index (χ0n) is 2.13. The summed E-state index contributed by atoms with van der Waals surface area (Å²) in [6.45, 7) is 0. The number of alkyl halides is 3. The predicted octanol–water partition coefficient (Wildman–Crippen LogP) is 1.56. The minimum Gasteiger partial charge on any atom is -0.585 e. The van der Waals surface area contributed by atoms with Gasteiger partial charge in [-0.05, 0) is 0 Å². The van der Waals surface area contributed by atoms with Crippen LogP contribution in [0.15, 0.2) is 0 Å². The first-order valence-corrected chi connectivity index (χ1v) is 0.817. The maximum absolute atomic E-state index is 10.0. The van der Waals surface area contributed by atoms with Crippen LogP contribution in [-0.4, -0.2) is 6.30 Å². The molecule has 0 rings (SSSR count). The third-order valence-electron chi connectivity index (χ3n) is 0. The van der Waals surface area contributed by atoms with Crippen molar-refractivity contribution in [3.8, 4) is 0 Å². The normalized spacial score (nSPS) is 12.0. The van der Waals surface area contributed by atoms with E-state index in [4.69, 9.17) is 5.73 Å². The van der Waals surface area contributed by atoms with Crippen LogP contribution in [0.3, 0.4) is 0 Å². The van der Waals surface area contributed by atoms with E-state index in [2.05, 4.69) is 0 Å². The van der Waals surface area contributed by atoms with Crippen molar-refractivity contribution < 1.29 is 13.2 Å². The first-order chi connectivity index (χ1) is 2.00. The van der Waals surface area contributed by atoms with Gasteiger partial charge in [0.2, 0.25) is 0 Å². The number of rotatable bonds is 0. The molecule has 0 fully saturated rings. The van der Waals surface area contributed by atoms with Gasteiger partial charge in [-0.2, -0.15) is 13.2 Å². The van der Waals surface area contributed by atoms with E-state index in [9.17, 15) is 13.2 Å². The number of hydrogen-bond acceptors (Lipinski definition) is 0. The molecule has 0 atom stereocenters. The topological polar surface area (TPSA) is 23.8 Å². The Labute approximate surface area is 26.6 Å². The van der Waals surface area contributed by atoms with Gasteiger partial charge < -0.3 is 5.73 Å². The Hall–Kier alpha value is -0.250. The minimum absolute atomic E-state index is 4.75. The second kappa shape index (κ2) is 0.858. The van der Waals surface area contributed by atoms with Crippen LogP contribution in [0.1, 0.15) is 0 Å². The Morgan fingerprint density at radius 3 is 1.20 bits per heavy atom. The highest BCUT2D eigenvalue weighted by Gasteiger charge is 2.04. The summed E-state index contributed by atoms with van der Waals surface area (Å²) >= 11 is 0. The zero-order chi connectivity index (χ0) is 4.50. The largest absolute Gasteiger partial charge is 0.585 e. The Morgan fingerprint density at radius 2 is 1.20 bits per heavy atom. The smallest absolute Gasteiger partial charge is 0.310 e. The minimum atomic E-state index is -4.75. The van der Waals surface area contributed by atoms with Gasteiger partial charge in [-0.1, -0.05) is 0 Å². The van der Waals surface area contributed by atoms with Crippen molar-refractivity contribution in [2.75, 3.05) is 0 Å². The summed E-state index contributed by atoms with van der Waals surface area (Å²) < 4.78 is 30.1. The average molecular weight is 84.0 g/mol. The van der Waals surface area contributed by atoms with E-state index in [1.807, 2.05) is 0 Å². The van der Waals surface area contributed by atoms with Crippen LogP contribution >= 0.6 is 0 Å². The lowest BCUT2D eigenvalue weighted by molar-refractivity contribution is -0.0798. The highest BCUT2D eigenvalue weighted by Crippen LogP contribution is 2.12. The lowest BCUT2D eigenvalue weighted by Gasteiger charge is -2.02. The van der Waals surface area contributed by atoms with Crippen LogP contribution in [0, 0.1) is 0 Å². The van der Waals surface area contributed by atoms with Crippen molar-refractivity contribution in [2.45, 2.75) is 6.30 Å². The van der Waals surface area contributed by atoms with Gasteiger partial charge in [0.15, 0.2) is 0 Å². The number of nitrogens with one attached hydrogen (secondary N) is 1. The van der Waals surface area contributed by atoms with Gasteiger partial charge in [0, 0.05) is 0 Å². The fourth-order valence-corrected chi connectivity index (χ4v) is 0. The fraction of sp³-hybridized carbons (Fsp3) is 1.00. The average Bonchev–Trinajstić information content (AvgIpc) is 0.722. The summed E-state index contributed by atoms with van der Waals surface area (Å²) in [6.07, 6.45) is -4.75. The standard InChI is InChI=1S/CHF3N/c2-1(3,4)5/h5H/q-1. The number of hydrogen-bond donors (Lipinski definition) is 0. The van der Waals surface area contributed by atoms with Gasteiger partial charge in [0.25, 0.3) is 0 Å². The van der Waals surface area contributed by atoms with Gasteiger partial charge in [0.1, 0.15) is 0 Å². The fourth-order valence-electron chi connectivity index (χ4n) is 0. The molecule has 0 aromatic carbocycles. The van der Waals surface area contributed by atoms with Crippen LogP contribution in [0.25, 0.3) is 5.73 Å². The SMILES string of the molecule is [NH-]C(F)(F)F. The molecular formula is CHF3N-. The lowest BCUT2D eigenvalue weighted by atomic mass is 11.3. The molecule has 0 unspecified atom stereocenters. The van der Waals surface area contributed by atoms with Gasteiger partial charge in [0.05, 0.1) is 0 Å². The molecule has 0 amide bonds. The first-order valence-electron chi connectivity index (χ1n) is 0.817. The van der Waals surface area contributed by atoms with Gasteiger partial charge in [-0.15, -0.1) is 0 Å². The highest BCUT2D eigenvalue weighted by molar-refractivity contribution is 4.50. The Bertz CT molecular complexity index is 22.4. The lowest BCUT2D eigenvalue weighted by Crippen LogP contribution is -1.93. The van der Waals surface area contributed by atoms with E-state index in [1.165, 1.54) is 0 Å². The van der Waals surface area contributed by atoms with E-state index in [-0.39, 0.29) is 0 Å². The van der Waals surface area contributed by atoms with Gasteiger partial charge in [-0.25, -0.2) is 0 Å². The molecule has 0 bridgehead atoms. The van der Waals surface area contributed by atoms with Crippen LogP contribution < -0.4 is 0 Å². The van der Waals surface area contributed by atoms with Crippen LogP contribution in [-0.2, 0) is 0 Å². The van der Waals surface area contributed by atoms with E-state index in [1.54, 1.807) is 0 Å².